The van der Waals surface area contributed by atoms with Gasteiger partial charge in [0.2, 0.25) is 12.3 Å². The van der Waals surface area contributed by atoms with Gasteiger partial charge in [0.05, 0.1) is 35.0 Å². The number of carbonyl (C=O) groups is 1. The Balaban J connectivity index is 1.59. The molecule has 0 spiro atoms. The smallest absolute Gasteiger partial charge is 0.356 e. The number of aliphatic hydroxyl groups is 1. The molecule has 2 aromatic carbocycles. The second kappa shape index (κ2) is 10.8. The standard InChI is InChI=1S/C31H29F7N4O2/c1-17-10-21(32)7-8-23(17)24-14-26(42-16-22-6-5-9-41(22)28(42)44)39-15-25(24)40(4)27(43)29(2,3)18-11-19(30(33,34)35)13-20(12-18)31(36,37)38/h6-8,10-15,28,44H,5,9,16H2,1-4H3. The number of rotatable bonds is 5. The van der Waals surface area contributed by atoms with Crippen molar-refractivity contribution in [3.63, 3.8) is 0 Å². The Morgan fingerprint density at radius 3 is 2.11 bits per heavy atom. The summed E-state index contributed by atoms with van der Waals surface area (Å²) < 4.78 is 95.6. The van der Waals surface area contributed by atoms with E-state index in [1.807, 2.05) is 11.0 Å². The maximum atomic E-state index is 14.0. The fraction of sp³-hybridized carbons (Fsp3) is 0.355. The van der Waals surface area contributed by atoms with Crippen LogP contribution in [0.4, 0.5) is 42.2 Å². The number of alkyl halides is 6. The molecule has 1 fully saturated rings. The van der Waals surface area contributed by atoms with E-state index in [0.29, 0.717) is 47.7 Å². The van der Waals surface area contributed by atoms with Gasteiger partial charge in [-0.3, -0.25) is 4.79 Å². The van der Waals surface area contributed by atoms with E-state index in [1.54, 1.807) is 17.9 Å². The number of fused-ring (bicyclic) bond motifs is 1. The summed E-state index contributed by atoms with van der Waals surface area (Å²) in [6.45, 7) is 5.14. The van der Waals surface area contributed by atoms with E-state index < -0.39 is 52.5 Å². The molecule has 3 aromatic rings. The quantitative estimate of drug-likeness (QED) is 0.315. The molecule has 6 nitrogen and oxygen atoms in total. The van der Waals surface area contributed by atoms with Crippen molar-refractivity contribution in [3.8, 4) is 11.1 Å². The van der Waals surface area contributed by atoms with Gasteiger partial charge in [0.15, 0.2) is 0 Å². The van der Waals surface area contributed by atoms with Crippen LogP contribution in [0.2, 0.25) is 0 Å². The molecular weight excluding hydrogens is 593 g/mol. The lowest BCUT2D eigenvalue weighted by Gasteiger charge is -2.32. The Bertz CT molecular complexity index is 1620. The van der Waals surface area contributed by atoms with E-state index in [1.165, 1.54) is 45.3 Å². The zero-order chi connectivity index (χ0) is 32.4. The fourth-order valence-corrected chi connectivity index (χ4v) is 5.65. The zero-order valence-electron chi connectivity index (χ0n) is 24.2. The molecule has 13 heteroatoms. The van der Waals surface area contributed by atoms with Crippen molar-refractivity contribution in [1.29, 1.82) is 0 Å². The number of benzene rings is 2. The summed E-state index contributed by atoms with van der Waals surface area (Å²) in [5.41, 5.74) is -2.88. The van der Waals surface area contributed by atoms with Gasteiger partial charge < -0.3 is 19.8 Å². The number of aryl methyl sites for hydroxylation is 1. The molecule has 1 atom stereocenters. The minimum Gasteiger partial charge on any atom is -0.356 e. The molecule has 1 amide bonds. The van der Waals surface area contributed by atoms with Crippen molar-refractivity contribution in [2.24, 2.45) is 0 Å². The van der Waals surface area contributed by atoms with Crippen molar-refractivity contribution in [3.05, 3.63) is 88.5 Å². The molecule has 1 aromatic heterocycles. The second-order valence-corrected chi connectivity index (χ2v) is 11.5. The van der Waals surface area contributed by atoms with E-state index in [2.05, 4.69) is 4.98 Å². The molecule has 234 valence electrons. The first kappa shape index (κ1) is 31.3. The normalized spacial score (nSPS) is 17.2. The van der Waals surface area contributed by atoms with Gasteiger partial charge in [-0.2, -0.15) is 26.3 Å². The third kappa shape index (κ3) is 5.60. The van der Waals surface area contributed by atoms with E-state index >= 15 is 0 Å². The van der Waals surface area contributed by atoms with Crippen LogP contribution in [0.15, 0.2) is 60.4 Å². The number of anilines is 2. The topological polar surface area (TPSA) is 59.9 Å². The summed E-state index contributed by atoms with van der Waals surface area (Å²) >= 11 is 0. The summed E-state index contributed by atoms with van der Waals surface area (Å²) in [5.74, 6) is -0.962. The molecule has 1 N–H and O–H groups in total. The van der Waals surface area contributed by atoms with Gasteiger partial charge in [0.25, 0.3) is 0 Å². The summed E-state index contributed by atoms with van der Waals surface area (Å²) in [6, 6.07) is 6.73. The molecule has 0 saturated carbocycles. The van der Waals surface area contributed by atoms with Gasteiger partial charge in [-0.1, -0.05) is 12.1 Å². The van der Waals surface area contributed by atoms with Crippen LogP contribution in [0.1, 0.15) is 42.5 Å². The maximum absolute atomic E-state index is 14.0. The van der Waals surface area contributed by atoms with Crippen molar-refractivity contribution in [2.45, 2.75) is 51.3 Å². The third-order valence-corrected chi connectivity index (χ3v) is 8.16. The summed E-state index contributed by atoms with van der Waals surface area (Å²) in [7, 11) is 1.34. The molecular formula is C31H29F7N4O2. The number of aromatic nitrogens is 1. The number of amides is 1. The number of pyridine rings is 1. The van der Waals surface area contributed by atoms with Crippen LogP contribution in [-0.2, 0) is 22.6 Å². The van der Waals surface area contributed by atoms with Gasteiger partial charge in [-0.25, -0.2) is 9.37 Å². The van der Waals surface area contributed by atoms with Crippen LogP contribution < -0.4 is 9.80 Å². The molecule has 0 aliphatic carbocycles. The van der Waals surface area contributed by atoms with Crippen LogP contribution in [0, 0.1) is 12.7 Å². The average molecular weight is 623 g/mol. The zero-order valence-corrected chi connectivity index (χ0v) is 24.2. The van der Waals surface area contributed by atoms with Crippen molar-refractivity contribution in [2.75, 3.05) is 29.9 Å². The third-order valence-electron chi connectivity index (χ3n) is 8.16. The highest BCUT2D eigenvalue weighted by atomic mass is 19.4. The molecule has 0 radical (unpaired) electrons. The molecule has 2 aliphatic rings. The van der Waals surface area contributed by atoms with Gasteiger partial charge in [0, 0.05) is 24.9 Å². The monoisotopic (exact) mass is 622 g/mol. The molecule has 1 unspecified atom stereocenters. The van der Waals surface area contributed by atoms with E-state index in [4.69, 9.17) is 0 Å². The van der Waals surface area contributed by atoms with Crippen molar-refractivity contribution >= 4 is 17.4 Å². The number of hydrogen-bond acceptors (Lipinski definition) is 5. The molecule has 2 aliphatic heterocycles. The highest BCUT2D eigenvalue weighted by Crippen LogP contribution is 2.42. The first-order valence-electron chi connectivity index (χ1n) is 13.6. The van der Waals surface area contributed by atoms with Gasteiger partial charge in [0.1, 0.15) is 11.6 Å². The molecule has 3 heterocycles. The van der Waals surface area contributed by atoms with Gasteiger partial charge >= 0.3 is 12.4 Å². The lowest BCUT2D eigenvalue weighted by Crippen LogP contribution is -2.42. The number of nitrogens with zero attached hydrogens (tertiary/aromatic N) is 4. The Labute approximate surface area is 249 Å². The van der Waals surface area contributed by atoms with E-state index in [9.17, 15) is 40.6 Å². The number of aliphatic hydroxyl groups excluding tert-OH is 1. The van der Waals surface area contributed by atoms with Crippen LogP contribution in [0.5, 0.6) is 0 Å². The molecule has 1 saturated heterocycles. The van der Waals surface area contributed by atoms with Crippen LogP contribution in [0.3, 0.4) is 0 Å². The minimum atomic E-state index is -5.08. The second-order valence-electron chi connectivity index (χ2n) is 11.5. The Morgan fingerprint density at radius 2 is 1.55 bits per heavy atom. The highest BCUT2D eigenvalue weighted by Gasteiger charge is 2.42. The first-order chi connectivity index (χ1) is 20.4. The highest BCUT2D eigenvalue weighted by molar-refractivity contribution is 6.03. The number of likely N-dealkylation sites (N-methyl/N-ethyl adjacent to an activating group) is 1. The predicted molar refractivity (Wildman–Crippen MR) is 150 cm³/mol. The fourth-order valence-electron chi connectivity index (χ4n) is 5.65. The minimum absolute atomic E-state index is 0.0133. The van der Waals surface area contributed by atoms with E-state index in [-0.39, 0.29) is 11.8 Å². The Kier molecular flexibility index (Phi) is 7.68. The maximum Gasteiger partial charge on any atom is 0.416 e. The van der Waals surface area contributed by atoms with Crippen LogP contribution in [0.25, 0.3) is 11.1 Å². The lowest BCUT2D eigenvalue weighted by molar-refractivity contribution is -0.143. The van der Waals surface area contributed by atoms with E-state index in [0.717, 1.165) is 17.0 Å². The molecule has 5 rings (SSSR count). The van der Waals surface area contributed by atoms with Crippen LogP contribution in [-0.4, -0.2) is 47.4 Å². The summed E-state index contributed by atoms with van der Waals surface area (Å²) in [6.07, 6.45) is -7.01. The van der Waals surface area contributed by atoms with Crippen LogP contribution >= 0.6 is 0 Å². The van der Waals surface area contributed by atoms with Crippen molar-refractivity contribution in [1.82, 2.24) is 9.88 Å². The average Bonchev–Trinajstić information content (AvgIpc) is 3.53. The summed E-state index contributed by atoms with van der Waals surface area (Å²) in [4.78, 5) is 23.0. The van der Waals surface area contributed by atoms with Gasteiger partial charge in [-0.05, 0) is 80.3 Å². The lowest BCUT2D eigenvalue weighted by atomic mass is 9.81. The first-order valence-corrected chi connectivity index (χ1v) is 13.6. The van der Waals surface area contributed by atoms with Crippen molar-refractivity contribution < 1.29 is 40.6 Å². The summed E-state index contributed by atoms with van der Waals surface area (Å²) in [5, 5.41) is 10.9. The number of halogens is 7. The molecule has 0 bridgehead atoms. The SMILES string of the molecule is Cc1cc(F)ccc1-c1cc(N2CC3=CCCN3C2O)ncc1N(C)C(=O)C(C)(C)c1cc(C(F)(F)F)cc(C(F)(F)F)c1. The largest absolute Gasteiger partial charge is 0.416 e. The number of hydrogen-bond donors (Lipinski definition) is 1. The van der Waals surface area contributed by atoms with Gasteiger partial charge in [-0.15, -0.1) is 0 Å². The number of carbonyl (C=O) groups excluding carboxylic acids is 1. The predicted octanol–water partition coefficient (Wildman–Crippen LogP) is 6.86. The molecule has 44 heavy (non-hydrogen) atoms. The Hall–Kier alpha value is -4.13. The Morgan fingerprint density at radius 1 is 0.932 bits per heavy atom.